The molecule has 6 nitrogen and oxygen atoms in total. The van der Waals surface area contributed by atoms with Gasteiger partial charge in [-0.1, -0.05) is 276 Å². The van der Waals surface area contributed by atoms with E-state index in [1.807, 2.05) is 0 Å². The first-order valence-corrected chi connectivity index (χ1v) is 33.2. The lowest BCUT2D eigenvalue weighted by Crippen LogP contribution is -2.30. The number of hydrogen-bond acceptors (Lipinski definition) is 6. The molecule has 0 spiro atoms. The topological polar surface area (TPSA) is 78.9 Å². The zero-order valence-electron chi connectivity index (χ0n) is 52.0. The Labute approximate surface area is 494 Å². The van der Waals surface area contributed by atoms with Crippen LogP contribution in [-0.2, 0) is 28.6 Å². The highest BCUT2D eigenvalue weighted by molar-refractivity contribution is 5.71. The molecule has 0 aromatic heterocycles. The van der Waals surface area contributed by atoms with Gasteiger partial charge in [0.1, 0.15) is 13.2 Å². The van der Waals surface area contributed by atoms with Crippen molar-refractivity contribution in [3.63, 3.8) is 0 Å². The van der Waals surface area contributed by atoms with Crippen LogP contribution in [0.2, 0.25) is 0 Å². The van der Waals surface area contributed by atoms with Crippen molar-refractivity contribution in [2.24, 2.45) is 0 Å². The molecular weight excluding hydrogens is 985 g/mol. The first-order valence-electron chi connectivity index (χ1n) is 33.2. The first-order chi connectivity index (χ1) is 39.5. The number of allylic oxidation sites excluding steroid dienone is 22. The summed E-state index contributed by atoms with van der Waals surface area (Å²) in [7, 11) is 0. The number of ether oxygens (including phenoxy) is 3. The summed E-state index contributed by atoms with van der Waals surface area (Å²) in [4.78, 5) is 38.4. The number of esters is 3. The van der Waals surface area contributed by atoms with Crippen LogP contribution in [0.5, 0.6) is 0 Å². The van der Waals surface area contributed by atoms with Gasteiger partial charge in [-0.2, -0.15) is 0 Å². The predicted molar refractivity (Wildman–Crippen MR) is 348 cm³/mol. The van der Waals surface area contributed by atoms with Crippen LogP contribution in [0.15, 0.2) is 134 Å². The molecule has 0 aliphatic rings. The van der Waals surface area contributed by atoms with Crippen molar-refractivity contribution in [3.8, 4) is 0 Å². The molecule has 454 valence electrons. The maximum atomic E-state index is 12.9. The molecule has 0 amide bonds. The predicted octanol–water partition coefficient (Wildman–Crippen LogP) is 22.9. The Morgan fingerprint density at radius 2 is 0.500 bits per heavy atom. The van der Waals surface area contributed by atoms with Gasteiger partial charge in [-0.05, 0) is 135 Å². The van der Waals surface area contributed by atoms with E-state index in [0.29, 0.717) is 19.3 Å². The molecule has 0 N–H and O–H groups in total. The summed E-state index contributed by atoms with van der Waals surface area (Å²) >= 11 is 0. The lowest BCUT2D eigenvalue weighted by molar-refractivity contribution is -0.167. The molecule has 1 unspecified atom stereocenters. The first kappa shape index (κ1) is 75.5. The van der Waals surface area contributed by atoms with Crippen molar-refractivity contribution < 1.29 is 28.6 Å². The Morgan fingerprint density at radius 3 is 0.800 bits per heavy atom. The van der Waals surface area contributed by atoms with Gasteiger partial charge < -0.3 is 14.2 Å². The Hall–Kier alpha value is -4.45. The second kappa shape index (κ2) is 67.1. The van der Waals surface area contributed by atoms with E-state index in [1.54, 1.807) is 0 Å². The van der Waals surface area contributed by atoms with Gasteiger partial charge in [0.05, 0.1) is 0 Å². The summed E-state index contributed by atoms with van der Waals surface area (Å²) < 4.78 is 16.9. The van der Waals surface area contributed by atoms with E-state index in [2.05, 4.69) is 154 Å². The molecule has 0 saturated heterocycles. The van der Waals surface area contributed by atoms with Crippen molar-refractivity contribution in [1.82, 2.24) is 0 Å². The molecule has 0 aliphatic heterocycles. The average Bonchev–Trinajstić information content (AvgIpc) is 3.46. The van der Waals surface area contributed by atoms with Gasteiger partial charge in [0.25, 0.3) is 0 Å². The lowest BCUT2D eigenvalue weighted by atomic mass is 10.1. The van der Waals surface area contributed by atoms with E-state index >= 15 is 0 Å². The quantitative estimate of drug-likeness (QED) is 0.0261. The van der Waals surface area contributed by atoms with E-state index in [0.717, 1.165) is 141 Å². The number of rotatable bonds is 59. The number of hydrogen-bond donors (Lipinski definition) is 0. The van der Waals surface area contributed by atoms with Crippen LogP contribution in [0.25, 0.3) is 0 Å². The Kier molecular flexibility index (Phi) is 63.3. The molecule has 0 rings (SSSR count). The molecule has 0 aliphatic carbocycles. The van der Waals surface area contributed by atoms with Gasteiger partial charge in [0, 0.05) is 19.3 Å². The second-order valence-electron chi connectivity index (χ2n) is 21.6. The van der Waals surface area contributed by atoms with Crippen molar-refractivity contribution in [1.29, 1.82) is 0 Å². The highest BCUT2D eigenvalue weighted by Gasteiger charge is 2.19. The Bertz CT molecular complexity index is 1700. The van der Waals surface area contributed by atoms with Crippen LogP contribution >= 0.6 is 0 Å². The highest BCUT2D eigenvalue weighted by atomic mass is 16.6. The van der Waals surface area contributed by atoms with Crippen LogP contribution < -0.4 is 0 Å². The number of carbonyl (C=O) groups is 3. The van der Waals surface area contributed by atoms with Crippen molar-refractivity contribution in [3.05, 3.63) is 134 Å². The summed E-state index contributed by atoms with van der Waals surface area (Å²) in [6.07, 6.45) is 94.5. The van der Waals surface area contributed by atoms with Gasteiger partial charge in [0.2, 0.25) is 0 Å². The molecule has 0 heterocycles. The summed E-state index contributed by atoms with van der Waals surface area (Å²) in [6, 6.07) is 0. The molecule has 0 saturated carbocycles. The highest BCUT2D eigenvalue weighted by Crippen LogP contribution is 2.15. The fourth-order valence-electron chi connectivity index (χ4n) is 8.88. The molecule has 0 bridgehead atoms. The SMILES string of the molecule is CC/C=C\C/C=C\C/C=C\C/C=C\C/C=C\C/C=C\C/C=C\CCCCCCCCCC(=O)OCC(COC(=O)CCCCCCC/C=C\C/C=C\CCCC)OC(=O)CCCCCCCCCCC/C=C\C/C=C\CCCCC. The molecule has 0 fully saturated rings. The molecule has 0 aromatic carbocycles. The summed E-state index contributed by atoms with van der Waals surface area (Å²) in [6.45, 7) is 6.45. The molecule has 0 radical (unpaired) electrons. The maximum Gasteiger partial charge on any atom is 0.306 e. The van der Waals surface area contributed by atoms with E-state index in [-0.39, 0.29) is 31.1 Å². The molecule has 0 aromatic rings. The van der Waals surface area contributed by atoms with Crippen molar-refractivity contribution in [2.75, 3.05) is 13.2 Å². The third-order valence-electron chi connectivity index (χ3n) is 13.9. The summed E-state index contributed by atoms with van der Waals surface area (Å²) in [5.41, 5.74) is 0. The fraction of sp³-hybridized carbons (Fsp3) is 0.662. The van der Waals surface area contributed by atoms with Crippen LogP contribution in [0.4, 0.5) is 0 Å². The third-order valence-corrected chi connectivity index (χ3v) is 13.9. The zero-order chi connectivity index (χ0) is 57.8. The van der Waals surface area contributed by atoms with E-state index in [4.69, 9.17) is 14.2 Å². The minimum atomic E-state index is -0.797. The number of carbonyl (C=O) groups excluding carboxylic acids is 3. The normalized spacial score (nSPS) is 13.0. The maximum absolute atomic E-state index is 12.9. The molecule has 80 heavy (non-hydrogen) atoms. The summed E-state index contributed by atoms with van der Waals surface area (Å²) in [5, 5.41) is 0. The minimum Gasteiger partial charge on any atom is -0.462 e. The van der Waals surface area contributed by atoms with Crippen LogP contribution in [0.1, 0.15) is 297 Å². The van der Waals surface area contributed by atoms with E-state index < -0.39 is 6.10 Å². The van der Waals surface area contributed by atoms with Crippen molar-refractivity contribution >= 4 is 17.9 Å². The largest absolute Gasteiger partial charge is 0.462 e. The Morgan fingerprint density at radius 1 is 0.263 bits per heavy atom. The monoisotopic (exact) mass is 1110 g/mol. The van der Waals surface area contributed by atoms with Crippen LogP contribution in [0, 0.1) is 0 Å². The van der Waals surface area contributed by atoms with Gasteiger partial charge in [-0.15, -0.1) is 0 Å². The van der Waals surface area contributed by atoms with Crippen molar-refractivity contribution in [2.45, 2.75) is 303 Å². The fourth-order valence-corrected chi connectivity index (χ4v) is 8.88. The Balaban J connectivity index is 4.37. The lowest BCUT2D eigenvalue weighted by Gasteiger charge is -2.18. The number of unbranched alkanes of at least 4 members (excludes halogenated alkanes) is 26. The van der Waals surface area contributed by atoms with Crippen LogP contribution in [0.3, 0.4) is 0 Å². The van der Waals surface area contributed by atoms with E-state index in [9.17, 15) is 14.4 Å². The van der Waals surface area contributed by atoms with E-state index in [1.165, 1.54) is 116 Å². The zero-order valence-corrected chi connectivity index (χ0v) is 52.0. The van der Waals surface area contributed by atoms with Gasteiger partial charge in [-0.3, -0.25) is 14.4 Å². The second-order valence-corrected chi connectivity index (χ2v) is 21.6. The molecular formula is C74H122O6. The standard InChI is InChI=1S/C74H122O6/c1-4-7-10-13-16-19-22-25-28-30-32-33-34-35-36-37-38-39-40-41-43-44-46-49-52-55-58-61-64-67-73(76)79-70-71(69-78-72(75)66-63-60-57-54-51-48-27-24-21-18-15-12-9-6-3)80-74(77)68-65-62-59-56-53-50-47-45-42-31-29-26-23-20-17-14-11-8-5-2/h7,10,15-20,24-29,32-33,35-36,38-39,41,43,71H,4-6,8-9,11-14,21-23,30-31,34,37,40,42,44-70H2,1-3H3/b10-7-,18-15-,19-16-,20-17-,27-24-,28-25-,29-26-,33-32-,36-35-,39-38-,43-41-. The average molecular weight is 1110 g/mol. The van der Waals surface area contributed by atoms with Gasteiger partial charge in [0.15, 0.2) is 6.10 Å². The van der Waals surface area contributed by atoms with Gasteiger partial charge in [-0.25, -0.2) is 0 Å². The van der Waals surface area contributed by atoms with Crippen LogP contribution in [-0.4, -0.2) is 37.2 Å². The smallest absolute Gasteiger partial charge is 0.306 e. The van der Waals surface area contributed by atoms with Gasteiger partial charge >= 0.3 is 17.9 Å². The summed E-state index contributed by atoms with van der Waals surface area (Å²) in [5.74, 6) is -0.917. The third kappa shape index (κ3) is 64.4. The minimum absolute atomic E-state index is 0.0931. The molecule has 1 atom stereocenters. The molecule has 6 heteroatoms.